The molecule has 2 unspecified atom stereocenters. The Hall–Kier alpha value is -0.610. The van der Waals surface area contributed by atoms with Crippen LogP contribution in [0.25, 0.3) is 0 Å². The molecule has 0 bridgehead atoms. The second-order valence-electron chi connectivity index (χ2n) is 5.00. The van der Waals surface area contributed by atoms with Gasteiger partial charge in [0.05, 0.1) is 5.69 Å². The maximum Gasteiger partial charge on any atom is 0.185 e. The molecule has 1 aliphatic heterocycles. The second kappa shape index (κ2) is 5.15. The van der Waals surface area contributed by atoms with E-state index in [4.69, 9.17) is 0 Å². The van der Waals surface area contributed by atoms with E-state index in [0.29, 0.717) is 0 Å². The number of nitrogens with zero attached hydrogens (tertiary/aromatic N) is 2. The Morgan fingerprint density at radius 2 is 2.12 bits per heavy atom. The SMILES string of the molecule is CNCc1csc(N2CC(C)CC(C)C2)n1. The van der Waals surface area contributed by atoms with Gasteiger partial charge >= 0.3 is 0 Å². The molecule has 3 nitrogen and oxygen atoms in total. The molecule has 0 saturated carbocycles. The number of thiazole rings is 1. The minimum Gasteiger partial charge on any atom is -0.348 e. The number of rotatable bonds is 3. The minimum absolute atomic E-state index is 0.792. The molecular formula is C12H21N3S. The van der Waals surface area contributed by atoms with Crippen LogP contribution < -0.4 is 10.2 Å². The number of hydrogen-bond donors (Lipinski definition) is 1. The lowest BCUT2D eigenvalue weighted by Crippen LogP contribution is -2.38. The molecule has 0 amide bonds. The lowest BCUT2D eigenvalue weighted by molar-refractivity contribution is 0.356. The summed E-state index contributed by atoms with van der Waals surface area (Å²) in [6, 6.07) is 0. The van der Waals surface area contributed by atoms with Gasteiger partial charge in [-0.25, -0.2) is 4.98 Å². The predicted octanol–water partition coefficient (Wildman–Crippen LogP) is 2.34. The monoisotopic (exact) mass is 239 g/mol. The van der Waals surface area contributed by atoms with E-state index < -0.39 is 0 Å². The summed E-state index contributed by atoms with van der Waals surface area (Å²) < 4.78 is 0. The molecule has 2 atom stereocenters. The van der Waals surface area contributed by atoms with Crippen molar-refractivity contribution >= 4 is 16.5 Å². The molecule has 16 heavy (non-hydrogen) atoms. The topological polar surface area (TPSA) is 28.2 Å². The first-order valence-corrected chi connectivity index (χ1v) is 6.91. The van der Waals surface area contributed by atoms with Gasteiger partial charge in [0, 0.05) is 25.0 Å². The van der Waals surface area contributed by atoms with Crippen molar-refractivity contribution in [1.82, 2.24) is 10.3 Å². The van der Waals surface area contributed by atoms with Crippen LogP contribution in [0.2, 0.25) is 0 Å². The molecule has 2 heterocycles. The van der Waals surface area contributed by atoms with Crippen LogP contribution in [0, 0.1) is 11.8 Å². The van der Waals surface area contributed by atoms with Gasteiger partial charge in [-0.3, -0.25) is 0 Å². The molecule has 90 valence electrons. The summed E-state index contributed by atoms with van der Waals surface area (Å²) in [5.74, 6) is 1.58. The van der Waals surface area contributed by atoms with Crippen LogP contribution in [-0.4, -0.2) is 25.1 Å². The van der Waals surface area contributed by atoms with E-state index in [-0.39, 0.29) is 0 Å². The third-order valence-corrected chi connectivity index (χ3v) is 3.99. The largest absolute Gasteiger partial charge is 0.348 e. The molecule has 1 aromatic rings. The highest BCUT2D eigenvalue weighted by Gasteiger charge is 2.23. The summed E-state index contributed by atoms with van der Waals surface area (Å²) in [5, 5.41) is 6.50. The Morgan fingerprint density at radius 1 is 1.44 bits per heavy atom. The van der Waals surface area contributed by atoms with Crippen molar-refractivity contribution in [2.45, 2.75) is 26.8 Å². The molecule has 2 rings (SSSR count). The molecule has 1 fully saturated rings. The van der Waals surface area contributed by atoms with E-state index in [9.17, 15) is 0 Å². The first-order chi connectivity index (χ1) is 7.69. The smallest absolute Gasteiger partial charge is 0.185 e. The molecule has 1 aromatic heterocycles. The van der Waals surface area contributed by atoms with Gasteiger partial charge in [-0.1, -0.05) is 13.8 Å². The standard InChI is InChI=1S/C12H21N3S/c1-9-4-10(2)7-15(6-9)12-14-11(5-13-3)8-16-12/h8-10,13H,4-7H2,1-3H3. The number of piperidine rings is 1. The number of anilines is 1. The van der Waals surface area contributed by atoms with Crippen LogP contribution in [0.5, 0.6) is 0 Å². The summed E-state index contributed by atoms with van der Waals surface area (Å²) in [4.78, 5) is 7.12. The summed E-state index contributed by atoms with van der Waals surface area (Å²) >= 11 is 1.77. The Bertz CT molecular complexity index is 327. The lowest BCUT2D eigenvalue weighted by atomic mass is 9.92. The van der Waals surface area contributed by atoms with Gasteiger partial charge in [-0.05, 0) is 25.3 Å². The van der Waals surface area contributed by atoms with E-state index >= 15 is 0 Å². The van der Waals surface area contributed by atoms with Gasteiger partial charge in [-0.15, -0.1) is 11.3 Å². The molecule has 0 radical (unpaired) electrons. The Labute approximate surface area is 102 Å². The third-order valence-electron chi connectivity index (χ3n) is 3.04. The van der Waals surface area contributed by atoms with Crippen LogP contribution in [0.1, 0.15) is 26.0 Å². The van der Waals surface area contributed by atoms with Crippen LogP contribution in [0.4, 0.5) is 5.13 Å². The maximum atomic E-state index is 4.67. The Kier molecular flexibility index (Phi) is 3.82. The molecule has 0 aliphatic carbocycles. The average molecular weight is 239 g/mol. The van der Waals surface area contributed by atoms with Gasteiger partial charge in [-0.2, -0.15) is 0 Å². The normalized spacial score (nSPS) is 26.1. The van der Waals surface area contributed by atoms with Gasteiger partial charge in [0.2, 0.25) is 0 Å². The van der Waals surface area contributed by atoms with E-state index in [1.807, 2.05) is 7.05 Å². The van der Waals surface area contributed by atoms with Crippen molar-refractivity contribution < 1.29 is 0 Å². The Balaban J connectivity index is 2.04. The third kappa shape index (κ3) is 2.74. The van der Waals surface area contributed by atoms with Crippen molar-refractivity contribution in [3.8, 4) is 0 Å². The van der Waals surface area contributed by atoms with E-state index in [0.717, 1.165) is 37.2 Å². The van der Waals surface area contributed by atoms with Crippen molar-refractivity contribution in [2.24, 2.45) is 11.8 Å². The van der Waals surface area contributed by atoms with E-state index in [1.165, 1.54) is 11.6 Å². The summed E-state index contributed by atoms with van der Waals surface area (Å²) in [6.45, 7) is 7.87. The highest BCUT2D eigenvalue weighted by Crippen LogP contribution is 2.28. The zero-order chi connectivity index (χ0) is 11.5. The minimum atomic E-state index is 0.792. The highest BCUT2D eigenvalue weighted by molar-refractivity contribution is 7.13. The van der Waals surface area contributed by atoms with Gasteiger partial charge in [0.15, 0.2) is 5.13 Å². The molecule has 1 saturated heterocycles. The van der Waals surface area contributed by atoms with Crippen molar-refractivity contribution in [3.05, 3.63) is 11.1 Å². The zero-order valence-corrected chi connectivity index (χ0v) is 11.2. The summed E-state index contributed by atoms with van der Waals surface area (Å²) in [7, 11) is 1.96. The number of nitrogens with one attached hydrogen (secondary N) is 1. The lowest BCUT2D eigenvalue weighted by Gasteiger charge is -2.34. The van der Waals surface area contributed by atoms with Gasteiger partial charge < -0.3 is 10.2 Å². The van der Waals surface area contributed by atoms with Gasteiger partial charge in [0.25, 0.3) is 0 Å². The second-order valence-corrected chi connectivity index (χ2v) is 5.84. The van der Waals surface area contributed by atoms with Crippen molar-refractivity contribution in [3.63, 3.8) is 0 Å². The van der Waals surface area contributed by atoms with E-state index in [2.05, 4.69) is 34.4 Å². The highest BCUT2D eigenvalue weighted by atomic mass is 32.1. The number of hydrogen-bond acceptors (Lipinski definition) is 4. The summed E-state index contributed by atoms with van der Waals surface area (Å²) in [6.07, 6.45) is 1.35. The van der Waals surface area contributed by atoms with Gasteiger partial charge in [0.1, 0.15) is 0 Å². The van der Waals surface area contributed by atoms with Crippen LogP contribution in [-0.2, 0) is 6.54 Å². The molecular weight excluding hydrogens is 218 g/mol. The molecule has 0 aromatic carbocycles. The first kappa shape index (κ1) is 11.9. The fraction of sp³-hybridized carbons (Fsp3) is 0.750. The zero-order valence-electron chi connectivity index (χ0n) is 10.4. The van der Waals surface area contributed by atoms with Crippen LogP contribution >= 0.6 is 11.3 Å². The van der Waals surface area contributed by atoms with Crippen LogP contribution in [0.3, 0.4) is 0 Å². The Morgan fingerprint density at radius 3 is 2.75 bits per heavy atom. The van der Waals surface area contributed by atoms with Crippen LogP contribution in [0.15, 0.2) is 5.38 Å². The van der Waals surface area contributed by atoms with E-state index in [1.54, 1.807) is 11.3 Å². The number of aromatic nitrogens is 1. The maximum absolute atomic E-state index is 4.67. The molecule has 1 aliphatic rings. The van der Waals surface area contributed by atoms with Crippen molar-refractivity contribution in [1.29, 1.82) is 0 Å². The molecule has 1 N–H and O–H groups in total. The molecule has 0 spiro atoms. The average Bonchev–Trinajstić information content (AvgIpc) is 2.65. The quantitative estimate of drug-likeness (QED) is 0.877. The first-order valence-electron chi connectivity index (χ1n) is 6.03. The fourth-order valence-corrected chi connectivity index (χ4v) is 3.37. The molecule has 4 heteroatoms. The van der Waals surface area contributed by atoms with Crippen molar-refractivity contribution in [2.75, 3.05) is 25.0 Å². The fourth-order valence-electron chi connectivity index (χ4n) is 2.52. The summed E-state index contributed by atoms with van der Waals surface area (Å²) in [5.41, 5.74) is 1.16. The predicted molar refractivity (Wildman–Crippen MR) is 70.0 cm³/mol.